The Kier molecular flexibility index (Phi) is 9.13. The molecule has 0 atom stereocenters. The zero-order valence-electron chi connectivity index (χ0n) is 13.1. The number of unbranched alkanes of at least 4 members (excludes halogenated alkanes) is 4. The van der Waals surface area contributed by atoms with E-state index in [2.05, 4.69) is 39.9 Å². The smallest absolute Gasteiger partial charge is 0.220 e. The van der Waals surface area contributed by atoms with Crippen LogP contribution in [0.4, 0.5) is 0 Å². The van der Waals surface area contributed by atoms with E-state index >= 15 is 0 Å². The molecule has 0 aromatic carbocycles. The quantitative estimate of drug-likeness (QED) is 0.602. The minimum atomic E-state index is 0.0981. The Hall–Kier alpha value is -0.530. The molecule has 0 aromatic rings. The fraction of sp³-hybridized carbons (Fsp3) is 0.938. The minimum Gasteiger partial charge on any atom is -0.356 e. The summed E-state index contributed by atoms with van der Waals surface area (Å²) < 4.78 is 0. The fourth-order valence-electron chi connectivity index (χ4n) is 1.98. The van der Waals surface area contributed by atoms with Crippen LogP contribution in [0.3, 0.4) is 0 Å². The molecule has 0 bridgehead atoms. The number of hydrogen-bond acceptors (Lipinski definition) is 1. The largest absolute Gasteiger partial charge is 0.356 e. The predicted octanol–water partition coefficient (Wildman–Crippen LogP) is 4.54. The van der Waals surface area contributed by atoms with Crippen LogP contribution in [0.5, 0.6) is 0 Å². The van der Waals surface area contributed by atoms with E-state index in [0.29, 0.717) is 6.42 Å². The molecule has 0 radical (unpaired) electrons. The Bertz CT molecular complexity index is 216. The molecule has 0 saturated heterocycles. The molecule has 0 saturated carbocycles. The Morgan fingerprint density at radius 2 is 1.56 bits per heavy atom. The molecule has 1 amide bonds. The zero-order valence-corrected chi connectivity index (χ0v) is 13.1. The second kappa shape index (κ2) is 9.41. The van der Waals surface area contributed by atoms with Crippen molar-refractivity contribution in [2.75, 3.05) is 6.54 Å². The SMILES string of the molecule is CC(C)CCCCCCCNC(=O)CC(C)(C)C. The molecule has 0 aromatic heterocycles. The van der Waals surface area contributed by atoms with Crippen molar-refractivity contribution in [1.82, 2.24) is 5.32 Å². The van der Waals surface area contributed by atoms with Gasteiger partial charge in [0, 0.05) is 13.0 Å². The standard InChI is InChI=1S/C16H33NO/c1-14(2)11-9-7-6-8-10-12-17-15(18)13-16(3,4)5/h14H,6-13H2,1-5H3,(H,17,18). The van der Waals surface area contributed by atoms with Crippen molar-refractivity contribution >= 4 is 5.91 Å². The van der Waals surface area contributed by atoms with Crippen LogP contribution in [0.15, 0.2) is 0 Å². The molecule has 0 aliphatic heterocycles. The molecule has 0 aliphatic carbocycles. The summed E-state index contributed by atoms with van der Waals surface area (Å²) in [4.78, 5) is 11.6. The van der Waals surface area contributed by atoms with Gasteiger partial charge in [-0.3, -0.25) is 4.79 Å². The van der Waals surface area contributed by atoms with Crippen LogP contribution in [0, 0.1) is 11.3 Å². The molecular weight excluding hydrogens is 222 g/mol. The zero-order chi connectivity index (χ0) is 14.0. The third kappa shape index (κ3) is 13.5. The van der Waals surface area contributed by atoms with Gasteiger partial charge in [0.15, 0.2) is 0 Å². The second-order valence-corrected chi connectivity index (χ2v) is 7.04. The van der Waals surface area contributed by atoms with Gasteiger partial charge in [0.1, 0.15) is 0 Å². The Labute approximate surface area is 114 Å². The summed E-state index contributed by atoms with van der Waals surface area (Å²) in [5.74, 6) is 1.03. The van der Waals surface area contributed by atoms with E-state index in [9.17, 15) is 4.79 Å². The molecule has 2 nitrogen and oxygen atoms in total. The summed E-state index contributed by atoms with van der Waals surface area (Å²) in [6.07, 6.45) is 8.35. The highest BCUT2D eigenvalue weighted by molar-refractivity contribution is 5.76. The first-order chi connectivity index (χ1) is 8.31. The highest BCUT2D eigenvalue weighted by Crippen LogP contribution is 2.17. The van der Waals surface area contributed by atoms with Crippen LogP contribution in [0.2, 0.25) is 0 Å². The van der Waals surface area contributed by atoms with Crippen LogP contribution in [-0.2, 0) is 4.79 Å². The average Bonchev–Trinajstić information content (AvgIpc) is 2.18. The van der Waals surface area contributed by atoms with Crippen LogP contribution in [0.25, 0.3) is 0 Å². The maximum atomic E-state index is 11.6. The molecule has 0 aliphatic rings. The van der Waals surface area contributed by atoms with Gasteiger partial charge in [-0.05, 0) is 17.8 Å². The van der Waals surface area contributed by atoms with E-state index in [4.69, 9.17) is 0 Å². The Morgan fingerprint density at radius 1 is 1.00 bits per heavy atom. The number of nitrogens with one attached hydrogen (secondary N) is 1. The van der Waals surface area contributed by atoms with Crippen molar-refractivity contribution in [2.45, 2.75) is 79.6 Å². The maximum absolute atomic E-state index is 11.6. The normalized spacial score (nSPS) is 11.9. The number of rotatable bonds is 9. The monoisotopic (exact) mass is 255 g/mol. The summed E-state index contributed by atoms with van der Waals surface area (Å²) in [5, 5.41) is 3.01. The summed E-state index contributed by atoms with van der Waals surface area (Å²) in [7, 11) is 0. The maximum Gasteiger partial charge on any atom is 0.220 e. The first-order valence-electron chi connectivity index (χ1n) is 7.58. The molecule has 108 valence electrons. The van der Waals surface area contributed by atoms with Gasteiger partial charge in [-0.1, -0.05) is 66.7 Å². The fourth-order valence-corrected chi connectivity index (χ4v) is 1.98. The van der Waals surface area contributed by atoms with Gasteiger partial charge in [0.2, 0.25) is 5.91 Å². The lowest BCUT2D eigenvalue weighted by molar-refractivity contribution is -0.122. The van der Waals surface area contributed by atoms with Crippen molar-refractivity contribution in [2.24, 2.45) is 11.3 Å². The second-order valence-electron chi connectivity index (χ2n) is 7.04. The third-order valence-electron chi connectivity index (χ3n) is 2.97. The van der Waals surface area contributed by atoms with E-state index in [-0.39, 0.29) is 11.3 Å². The van der Waals surface area contributed by atoms with E-state index in [1.54, 1.807) is 0 Å². The molecule has 0 unspecified atom stereocenters. The molecule has 0 fully saturated rings. The molecular formula is C16H33NO. The van der Waals surface area contributed by atoms with Crippen LogP contribution < -0.4 is 5.32 Å². The van der Waals surface area contributed by atoms with E-state index in [0.717, 1.165) is 18.9 Å². The van der Waals surface area contributed by atoms with Gasteiger partial charge >= 0.3 is 0 Å². The number of carbonyl (C=O) groups is 1. The molecule has 1 N–H and O–H groups in total. The highest BCUT2D eigenvalue weighted by atomic mass is 16.1. The lowest BCUT2D eigenvalue weighted by Gasteiger charge is -2.17. The first kappa shape index (κ1) is 17.5. The molecule has 0 spiro atoms. The summed E-state index contributed by atoms with van der Waals surface area (Å²) in [6.45, 7) is 11.7. The van der Waals surface area contributed by atoms with Gasteiger partial charge in [-0.2, -0.15) is 0 Å². The van der Waals surface area contributed by atoms with E-state index < -0.39 is 0 Å². The minimum absolute atomic E-state index is 0.0981. The number of carbonyl (C=O) groups excluding carboxylic acids is 1. The lowest BCUT2D eigenvalue weighted by Crippen LogP contribution is -2.28. The van der Waals surface area contributed by atoms with Gasteiger partial charge < -0.3 is 5.32 Å². The Morgan fingerprint density at radius 3 is 2.11 bits per heavy atom. The third-order valence-corrected chi connectivity index (χ3v) is 2.97. The summed E-state index contributed by atoms with van der Waals surface area (Å²) >= 11 is 0. The van der Waals surface area contributed by atoms with Crippen LogP contribution >= 0.6 is 0 Å². The van der Waals surface area contributed by atoms with E-state index in [1.165, 1.54) is 32.1 Å². The van der Waals surface area contributed by atoms with Crippen molar-refractivity contribution in [1.29, 1.82) is 0 Å². The average molecular weight is 255 g/mol. The Balaban J connectivity index is 3.28. The van der Waals surface area contributed by atoms with Gasteiger partial charge in [-0.15, -0.1) is 0 Å². The predicted molar refractivity (Wildman–Crippen MR) is 79.6 cm³/mol. The molecule has 0 rings (SSSR count). The van der Waals surface area contributed by atoms with Crippen molar-refractivity contribution in [3.8, 4) is 0 Å². The van der Waals surface area contributed by atoms with Gasteiger partial charge in [0.05, 0.1) is 0 Å². The van der Waals surface area contributed by atoms with Gasteiger partial charge in [-0.25, -0.2) is 0 Å². The number of amides is 1. The first-order valence-corrected chi connectivity index (χ1v) is 7.58. The number of hydrogen-bond donors (Lipinski definition) is 1. The van der Waals surface area contributed by atoms with Crippen molar-refractivity contribution < 1.29 is 4.79 Å². The molecule has 2 heteroatoms. The van der Waals surface area contributed by atoms with Crippen molar-refractivity contribution in [3.63, 3.8) is 0 Å². The summed E-state index contributed by atoms with van der Waals surface area (Å²) in [6, 6.07) is 0. The molecule has 0 heterocycles. The van der Waals surface area contributed by atoms with Crippen LogP contribution in [-0.4, -0.2) is 12.5 Å². The van der Waals surface area contributed by atoms with Crippen LogP contribution in [0.1, 0.15) is 79.6 Å². The summed E-state index contributed by atoms with van der Waals surface area (Å²) in [5.41, 5.74) is 0.0981. The van der Waals surface area contributed by atoms with Crippen molar-refractivity contribution in [3.05, 3.63) is 0 Å². The topological polar surface area (TPSA) is 29.1 Å². The highest BCUT2D eigenvalue weighted by Gasteiger charge is 2.14. The lowest BCUT2D eigenvalue weighted by atomic mass is 9.92. The van der Waals surface area contributed by atoms with Gasteiger partial charge in [0.25, 0.3) is 0 Å². The molecule has 18 heavy (non-hydrogen) atoms. The van der Waals surface area contributed by atoms with E-state index in [1.807, 2.05) is 0 Å².